The van der Waals surface area contributed by atoms with Crippen molar-refractivity contribution < 1.29 is 18.3 Å². The molecule has 1 aliphatic rings. The molecule has 10 heteroatoms. The number of halogens is 2. The number of fused-ring (bicyclic) bond motifs is 1. The highest BCUT2D eigenvalue weighted by Gasteiger charge is 2.16. The zero-order valence-corrected chi connectivity index (χ0v) is 20.4. The molecular weight excluding hydrogens is 490 g/mol. The number of aromatic nitrogens is 6. The molecule has 8 nitrogen and oxygen atoms in total. The summed E-state index contributed by atoms with van der Waals surface area (Å²) in [5.41, 5.74) is 4.28. The molecule has 1 aromatic carbocycles. The molecule has 0 aliphatic carbocycles. The number of hydrogen-bond acceptors (Lipinski definition) is 7. The lowest BCUT2D eigenvalue weighted by atomic mass is 10.0. The minimum atomic E-state index is -0.577. The van der Waals surface area contributed by atoms with E-state index < -0.39 is 11.6 Å². The number of ether oxygens (including phenoxy) is 2. The Labute approximate surface area is 217 Å². The summed E-state index contributed by atoms with van der Waals surface area (Å²) in [4.78, 5) is 17.6. The minimum absolute atomic E-state index is 0.0463. The molecule has 1 saturated heterocycles. The van der Waals surface area contributed by atoms with Crippen LogP contribution in [0.15, 0.2) is 67.5 Å². The Bertz CT molecular complexity index is 1590. The molecule has 0 amide bonds. The van der Waals surface area contributed by atoms with Crippen LogP contribution in [0.3, 0.4) is 0 Å². The number of nitrogens with zero attached hydrogens (tertiary/aromatic N) is 6. The predicted octanol–water partition coefficient (Wildman–Crippen LogP) is 5.44. The van der Waals surface area contributed by atoms with Crippen molar-refractivity contribution in [2.75, 3.05) is 13.2 Å². The molecular formula is C28H24F2N6O2. The lowest BCUT2D eigenvalue weighted by molar-refractivity contribution is -0.163. The number of benzene rings is 1. The van der Waals surface area contributed by atoms with Crippen LogP contribution in [0.4, 0.5) is 8.78 Å². The van der Waals surface area contributed by atoms with Gasteiger partial charge in [0.05, 0.1) is 25.0 Å². The van der Waals surface area contributed by atoms with Crippen molar-refractivity contribution in [3.63, 3.8) is 0 Å². The molecule has 0 N–H and O–H groups in total. The number of rotatable bonds is 7. The van der Waals surface area contributed by atoms with Crippen molar-refractivity contribution in [3.8, 4) is 33.5 Å². The van der Waals surface area contributed by atoms with Gasteiger partial charge in [-0.3, -0.25) is 14.6 Å². The summed E-state index contributed by atoms with van der Waals surface area (Å²) < 4.78 is 41.8. The highest BCUT2D eigenvalue weighted by Crippen LogP contribution is 2.33. The van der Waals surface area contributed by atoms with Gasteiger partial charge in [-0.05, 0) is 49.6 Å². The van der Waals surface area contributed by atoms with E-state index in [-0.39, 0.29) is 17.5 Å². The van der Waals surface area contributed by atoms with Gasteiger partial charge in [-0.2, -0.15) is 5.10 Å². The van der Waals surface area contributed by atoms with Gasteiger partial charge in [0.2, 0.25) is 0 Å². The first-order valence-electron chi connectivity index (χ1n) is 12.4. The highest BCUT2D eigenvalue weighted by atomic mass is 19.1. The second-order valence-corrected chi connectivity index (χ2v) is 9.03. The second-order valence-electron chi connectivity index (χ2n) is 9.03. The maximum Gasteiger partial charge on any atom is 0.179 e. The topological polar surface area (TPSA) is 87.8 Å². The normalized spacial score (nSPS) is 15.7. The van der Waals surface area contributed by atoms with Crippen LogP contribution in [-0.4, -0.2) is 49.2 Å². The summed E-state index contributed by atoms with van der Waals surface area (Å²) in [5.74, 6) is -1.13. The first kappa shape index (κ1) is 24.2. The standard InChI is InChI=1S/C28H24F2N6O2/c29-21-4-5-24(30)23(12-21)25-13-22(27-28(35-25)33-7-6-32-27)19-11-18(14-31-15-19)20-16-34-36(17-20)8-10-38-26-3-1-2-9-37-26/h4-7,11-17,26H,1-3,8-10H2. The molecule has 1 aliphatic heterocycles. The Hall–Kier alpha value is -4.15. The fraction of sp³-hybridized carbons (Fsp3) is 0.250. The van der Waals surface area contributed by atoms with Crippen LogP contribution in [0.2, 0.25) is 0 Å². The van der Waals surface area contributed by atoms with Gasteiger partial charge in [-0.1, -0.05) is 0 Å². The number of hydrogen-bond donors (Lipinski definition) is 0. The zero-order chi connectivity index (χ0) is 25.9. The van der Waals surface area contributed by atoms with Crippen molar-refractivity contribution in [2.45, 2.75) is 32.1 Å². The maximum atomic E-state index is 14.6. The lowest BCUT2D eigenvalue weighted by Crippen LogP contribution is -2.24. The van der Waals surface area contributed by atoms with Gasteiger partial charge in [-0.25, -0.2) is 18.7 Å². The van der Waals surface area contributed by atoms with Gasteiger partial charge in [0, 0.05) is 65.4 Å². The summed E-state index contributed by atoms with van der Waals surface area (Å²) in [6.45, 7) is 1.85. The second kappa shape index (κ2) is 10.7. The van der Waals surface area contributed by atoms with E-state index in [4.69, 9.17) is 9.47 Å². The Morgan fingerprint density at radius 2 is 1.84 bits per heavy atom. The predicted molar refractivity (Wildman–Crippen MR) is 137 cm³/mol. The largest absolute Gasteiger partial charge is 0.353 e. The first-order valence-corrected chi connectivity index (χ1v) is 12.4. The number of pyridine rings is 2. The average molecular weight is 515 g/mol. The molecule has 0 saturated carbocycles. The van der Waals surface area contributed by atoms with Gasteiger partial charge < -0.3 is 9.47 Å². The molecule has 0 radical (unpaired) electrons. The zero-order valence-electron chi connectivity index (χ0n) is 20.4. The van der Waals surface area contributed by atoms with Gasteiger partial charge in [0.15, 0.2) is 11.9 Å². The Morgan fingerprint density at radius 1 is 0.947 bits per heavy atom. The smallest absolute Gasteiger partial charge is 0.179 e. The van der Waals surface area contributed by atoms with Crippen LogP contribution in [0.25, 0.3) is 44.7 Å². The van der Waals surface area contributed by atoms with Crippen molar-refractivity contribution in [1.82, 2.24) is 29.7 Å². The molecule has 1 atom stereocenters. The van der Waals surface area contributed by atoms with Gasteiger partial charge in [0.1, 0.15) is 17.2 Å². The minimum Gasteiger partial charge on any atom is -0.353 e. The van der Waals surface area contributed by atoms with Crippen molar-refractivity contribution >= 4 is 11.2 Å². The monoisotopic (exact) mass is 514 g/mol. The molecule has 38 heavy (non-hydrogen) atoms. The van der Waals surface area contributed by atoms with E-state index in [1.54, 1.807) is 30.9 Å². The van der Waals surface area contributed by atoms with E-state index in [1.807, 2.05) is 16.9 Å². The van der Waals surface area contributed by atoms with E-state index in [9.17, 15) is 8.78 Å². The lowest BCUT2D eigenvalue weighted by Gasteiger charge is -2.22. The third kappa shape index (κ3) is 5.13. The highest BCUT2D eigenvalue weighted by molar-refractivity contribution is 5.92. The van der Waals surface area contributed by atoms with E-state index in [2.05, 4.69) is 25.0 Å². The quantitative estimate of drug-likeness (QED) is 0.286. The summed E-state index contributed by atoms with van der Waals surface area (Å²) in [6.07, 6.45) is 13.2. The fourth-order valence-corrected chi connectivity index (χ4v) is 4.51. The third-order valence-electron chi connectivity index (χ3n) is 6.42. The van der Waals surface area contributed by atoms with E-state index >= 15 is 0 Å². The van der Waals surface area contributed by atoms with Crippen LogP contribution in [0, 0.1) is 11.6 Å². The van der Waals surface area contributed by atoms with Crippen molar-refractivity contribution in [3.05, 3.63) is 79.1 Å². The van der Waals surface area contributed by atoms with Crippen LogP contribution < -0.4 is 0 Å². The Morgan fingerprint density at radius 3 is 2.74 bits per heavy atom. The molecule has 4 aromatic heterocycles. The van der Waals surface area contributed by atoms with Crippen LogP contribution in [0.1, 0.15) is 19.3 Å². The van der Waals surface area contributed by atoms with Gasteiger partial charge >= 0.3 is 0 Å². The van der Waals surface area contributed by atoms with E-state index in [1.165, 1.54) is 6.20 Å². The first-order chi connectivity index (χ1) is 18.6. The van der Waals surface area contributed by atoms with Crippen LogP contribution in [-0.2, 0) is 16.0 Å². The Balaban J connectivity index is 1.30. The maximum absolute atomic E-state index is 14.6. The summed E-state index contributed by atoms with van der Waals surface area (Å²) >= 11 is 0. The van der Waals surface area contributed by atoms with E-state index in [0.717, 1.165) is 60.8 Å². The molecule has 5 aromatic rings. The van der Waals surface area contributed by atoms with Crippen LogP contribution >= 0.6 is 0 Å². The van der Waals surface area contributed by atoms with Crippen LogP contribution in [0.5, 0.6) is 0 Å². The van der Waals surface area contributed by atoms with Crippen molar-refractivity contribution in [1.29, 1.82) is 0 Å². The molecule has 192 valence electrons. The molecule has 1 fully saturated rings. The van der Waals surface area contributed by atoms with Gasteiger partial charge in [-0.15, -0.1) is 0 Å². The SMILES string of the molecule is Fc1ccc(F)c(-c2cc(-c3cncc(-c4cnn(CCOC5CCCCO5)c4)c3)c3nccnc3n2)c1. The van der Waals surface area contributed by atoms with E-state index in [0.29, 0.717) is 29.9 Å². The summed E-state index contributed by atoms with van der Waals surface area (Å²) in [6, 6.07) is 6.92. The molecule has 6 rings (SSSR count). The molecule has 5 heterocycles. The summed E-state index contributed by atoms with van der Waals surface area (Å²) in [5, 5.41) is 4.46. The van der Waals surface area contributed by atoms with Crippen molar-refractivity contribution in [2.24, 2.45) is 0 Å². The Kier molecular flexibility index (Phi) is 6.80. The third-order valence-corrected chi connectivity index (χ3v) is 6.42. The summed E-state index contributed by atoms with van der Waals surface area (Å²) in [7, 11) is 0. The molecule has 0 spiro atoms. The fourth-order valence-electron chi connectivity index (χ4n) is 4.51. The molecule has 0 bridgehead atoms. The van der Waals surface area contributed by atoms with Gasteiger partial charge in [0.25, 0.3) is 0 Å². The molecule has 1 unspecified atom stereocenters. The average Bonchev–Trinajstić information content (AvgIpc) is 3.43.